The van der Waals surface area contributed by atoms with E-state index in [0.717, 1.165) is 30.6 Å². The number of ether oxygens (including phenoxy) is 1. The molecule has 1 N–H and O–H groups in total. The molecule has 150 valence electrons. The van der Waals surface area contributed by atoms with Crippen LogP contribution in [0.3, 0.4) is 0 Å². The predicted octanol–water partition coefficient (Wildman–Crippen LogP) is 4.05. The van der Waals surface area contributed by atoms with Gasteiger partial charge in [-0.3, -0.25) is 9.59 Å². The van der Waals surface area contributed by atoms with E-state index in [-0.39, 0.29) is 17.9 Å². The standard InChI is InChI=1S/C22H34N2O3/c1-4-9-21(25)24(16-17-12-14-19(27-3)15-13-17)20(5-2)22(26)23-18-10-7-6-8-11-18/h12-15,18,20H,4-11,16H2,1-3H3,(H,23,26)/t20-/m0/s1. The summed E-state index contributed by atoms with van der Waals surface area (Å²) in [5, 5.41) is 3.20. The first-order chi connectivity index (χ1) is 13.1. The average molecular weight is 375 g/mol. The fraction of sp³-hybridized carbons (Fsp3) is 0.636. The first-order valence-electron chi connectivity index (χ1n) is 10.3. The molecule has 0 radical (unpaired) electrons. The van der Waals surface area contributed by atoms with Crippen LogP contribution in [0.25, 0.3) is 0 Å². The van der Waals surface area contributed by atoms with Crippen molar-refractivity contribution in [3.63, 3.8) is 0 Å². The highest BCUT2D eigenvalue weighted by atomic mass is 16.5. The molecule has 1 saturated carbocycles. The van der Waals surface area contributed by atoms with Crippen molar-refractivity contribution in [2.45, 2.75) is 83.8 Å². The maximum absolute atomic E-state index is 13.0. The zero-order valence-electron chi connectivity index (χ0n) is 17.0. The summed E-state index contributed by atoms with van der Waals surface area (Å²) in [7, 11) is 1.63. The molecule has 0 saturated heterocycles. The quantitative estimate of drug-likeness (QED) is 0.709. The van der Waals surface area contributed by atoms with E-state index in [1.165, 1.54) is 19.3 Å². The van der Waals surface area contributed by atoms with Gasteiger partial charge in [-0.25, -0.2) is 0 Å². The van der Waals surface area contributed by atoms with Gasteiger partial charge in [0.1, 0.15) is 11.8 Å². The molecule has 0 aromatic heterocycles. The summed E-state index contributed by atoms with van der Waals surface area (Å²) in [4.78, 5) is 27.5. The van der Waals surface area contributed by atoms with Crippen molar-refractivity contribution in [1.29, 1.82) is 0 Å². The van der Waals surface area contributed by atoms with Crippen LogP contribution in [-0.4, -0.2) is 35.9 Å². The Bertz CT molecular complexity index is 594. The number of rotatable bonds is 9. The van der Waals surface area contributed by atoms with E-state index < -0.39 is 6.04 Å². The largest absolute Gasteiger partial charge is 0.497 e. The Morgan fingerprint density at radius 1 is 1.15 bits per heavy atom. The van der Waals surface area contributed by atoms with Gasteiger partial charge in [-0.05, 0) is 43.4 Å². The first kappa shape index (κ1) is 21.3. The van der Waals surface area contributed by atoms with Crippen molar-refractivity contribution in [2.75, 3.05) is 7.11 Å². The zero-order chi connectivity index (χ0) is 19.6. The maximum atomic E-state index is 13.0. The van der Waals surface area contributed by atoms with E-state index in [1.54, 1.807) is 12.0 Å². The van der Waals surface area contributed by atoms with Crippen molar-refractivity contribution in [2.24, 2.45) is 0 Å². The van der Waals surface area contributed by atoms with E-state index in [1.807, 2.05) is 38.1 Å². The Morgan fingerprint density at radius 2 is 1.81 bits per heavy atom. The number of carbonyl (C=O) groups excluding carboxylic acids is 2. The summed E-state index contributed by atoms with van der Waals surface area (Å²) in [6.45, 7) is 4.41. The molecule has 1 aliphatic rings. The lowest BCUT2D eigenvalue weighted by Gasteiger charge is -2.32. The SMILES string of the molecule is CCCC(=O)N(Cc1ccc(OC)cc1)[C@@H](CC)C(=O)NC1CCCCC1. The molecule has 1 fully saturated rings. The van der Waals surface area contributed by atoms with Crippen molar-refractivity contribution in [3.05, 3.63) is 29.8 Å². The number of amides is 2. The number of hydrogen-bond donors (Lipinski definition) is 1. The summed E-state index contributed by atoms with van der Waals surface area (Å²) < 4.78 is 5.21. The van der Waals surface area contributed by atoms with Crippen LogP contribution in [0, 0.1) is 0 Å². The van der Waals surface area contributed by atoms with Gasteiger partial charge in [0, 0.05) is 19.0 Å². The van der Waals surface area contributed by atoms with E-state index >= 15 is 0 Å². The fourth-order valence-corrected chi connectivity index (χ4v) is 3.75. The van der Waals surface area contributed by atoms with Crippen molar-refractivity contribution < 1.29 is 14.3 Å². The minimum Gasteiger partial charge on any atom is -0.497 e. The van der Waals surface area contributed by atoms with Gasteiger partial charge in [0.05, 0.1) is 7.11 Å². The van der Waals surface area contributed by atoms with Crippen molar-refractivity contribution >= 4 is 11.8 Å². The van der Waals surface area contributed by atoms with Crippen LogP contribution in [-0.2, 0) is 16.1 Å². The number of carbonyl (C=O) groups is 2. The Hall–Kier alpha value is -2.04. The summed E-state index contributed by atoms with van der Waals surface area (Å²) >= 11 is 0. The lowest BCUT2D eigenvalue weighted by atomic mass is 9.95. The summed E-state index contributed by atoms with van der Waals surface area (Å²) in [5.74, 6) is 0.814. The van der Waals surface area contributed by atoms with Gasteiger partial charge in [-0.15, -0.1) is 0 Å². The summed E-state index contributed by atoms with van der Waals surface area (Å²) in [5.41, 5.74) is 1.00. The molecule has 0 unspecified atom stereocenters. The van der Waals surface area contributed by atoms with E-state index in [4.69, 9.17) is 4.74 Å². The highest BCUT2D eigenvalue weighted by molar-refractivity contribution is 5.87. The molecule has 0 bridgehead atoms. The summed E-state index contributed by atoms with van der Waals surface area (Å²) in [6.07, 6.45) is 7.54. The maximum Gasteiger partial charge on any atom is 0.243 e. The molecule has 5 nitrogen and oxygen atoms in total. The van der Waals surface area contributed by atoms with Crippen molar-refractivity contribution in [1.82, 2.24) is 10.2 Å². The Labute approximate surface area is 163 Å². The van der Waals surface area contributed by atoms with Crippen LogP contribution >= 0.6 is 0 Å². The number of methoxy groups -OCH3 is 1. The molecular formula is C22H34N2O3. The van der Waals surface area contributed by atoms with Crippen LogP contribution in [0.1, 0.15) is 70.8 Å². The minimum atomic E-state index is -0.423. The monoisotopic (exact) mass is 374 g/mol. The molecule has 2 amide bonds. The third kappa shape index (κ3) is 6.26. The third-order valence-electron chi connectivity index (χ3n) is 5.31. The van der Waals surface area contributed by atoms with Gasteiger partial charge >= 0.3 is 0 Å². The Morgan fingerprint density at radius 3 is 2.37 bits per heavy atom. The highest BCUT2D eigenvalue weighted by Gasteiger charge is 2.29. The van der Waals surface area contributed by atoms with Gasteiger partial charge in [-0.1, -0.05) is 45.2 Å². The number of benzene rings is 1. The van der Waals surface area contributed by atoms with E-state index in [0.29, 0.717) is 19.4 Å². The number of nitrogens with zero attached hydrogens (tertiary/aromatic N) is 1. The number of hydrogen-bond acceptors (Lipinski definition) is 3. The predicted molar refractivity (Wildman–Crippen MR) is 108 cm³/mol. The second-order valence-corrected chi connectivity index (χ2v) is 7.39. The van der Waals surface area contributed by atoms with E-state index in [2.05, 4.69) is 5.32 Å². The van der Waals surface area contributed by atoms with Gasteiger partial charge in [0.25, 0.3) is 0 Å². The van der Waals surface area contributed by atoms with E-state index in [9.17, 15) is 9.59 Å². The Kier molecular flexibility index (Phi) is 8.62. The molecule has 5 heteroatoms. The van der Waals surface area contributed by atoms with Crippen molar-refractivity contribution in [3.8, 4) is 5.75 Å². The van der Waals surface area contributed by atoms with Crippen LogP contribution in [0.15, 0.2) is 24.3 Å². The summed E-state index contributed by atoms with van der Waals surface area (Å²) in [6, 6.07) is 7.52. The molecule has 2 rings (SSSR count). The third-order valence-corrected chi connectivity index (χ3v) is 5.31. The molecule has 1 aliphatic carbocycles. The molecule has 1 atom stereocenters. The number of nitrogens with one attached hydrogen (secondary N) is 1. The zero-order valence-corrected chi connectivity index (χ0v) is 17.0. The molecule has 1 aromatic rings. The molecular weight excluding hydrogens is 340 g/mol. The Balaban J connectivity index is 2.12. The highest BCUT2D eigenvalue weighted by Crippen LogP contribution is 2.20. The topological polar surface area (TPSA) is 58.6 Å². The van der Waals surface area contributed by atoms with Crippen LogP contribution < -0.4 is 10.1 Å². The molecule has 0 heterocycles. The van der Waals surface area contributed by atoms with Gasteiger partial charge in [-0.2, -0.15) is 0 Å². The van der Waals surface area contributed by atoms with Crippen LogP contribution in [0.2, 0.25) is 0 Å². The normalized spacial score (nSPS) is 15.8. The smallest absolute Gasteiger partial charge is 0.243 e. The van der Waals surface area contributed by atoms with Gasteiger partial charge in [0.15, 0.2) is 0 Å². The first-order valence-corrected chi connectivity index (χ1v) is 10.3. The molecule has 27 heavy (non-hydrogen) atoms. The van der Waals surface area contributed by atoms with Gasteiger partial charge in [0.2, 0.25) is 11.8 Å². The second kappa shape index (κ2) is 11.0. The molecule has 0 spiro atoms. The molecule has 0 aliphatic heterocycles. The lowest BCUT2D eigenvalue weighted by molar-refractivity contribution is -0.141. The minimum absolute atomic E-state index is 0.0117. The second-order valence-electron chi connectivity index (χ2n) is 7.39. The van der Waals surface area contributed by atoms with Crippen LogP contribution in [0.5, 0.6) is 5.75 Å². The van der Waals surface area contributed by atoms with Gasteiger partial charge < -0.3 is 15.0 Å². The fourth-order valence-electron chi connectivity index (χ4n) is 3.75. The average Bonchev–Trinajstić information content (AvgIpc) is 2.69. The van der Waals surface area contributed by atoms with Crippen LogP contribution in [0.4, 0.5) is 0 Å². The molecule has 1 aromatic carbocycles. The lowest BCUT2D eigenvalue weighted by Crippen LogP contribution is -2.51.